The van der Waals surface area contributed by atoms with E-state index in [-0.39, 0.29) is 17.6 Å². The first kappa shape index (κ1) is 14.7. The van der Waals surface area contributed by atoms with Gasteiger partial charge in [-0.3, -0.25) is 4.79 Å². The maximum Gasteiger partial charge on any atom is 0.253 e. The molecule has 0 heterocycles. The molecular formula is C16H23NO3. The van der Waals surface area contributed by atoms with Gasteiger partial charge < -0.3 is 14.4 Å². The largest absolute Gasteiger partial charge is 0.487 e. The molecular weight excluding hydrogens is 254 g/mol. The van der Waals surface area contributed by atoms with E-state index in [1.165, 1.54) is 0 Å². The second kappa shape index (κ2) is 5.35. The Kier molecular flexibility index (Phi) is 3.93. The minimum absolute atomic E-state index is 0.0343. The molecule has 0 aromatic heterocycles. The zero-order chi connectivity index (χ0) is 14.9. The van der Waals surface area contributed by atoms with Gasteiger partial charge >= 0.3 is 0 Å². The Hall–Kier alpha value is -1.71. The van der Waals surface area contributed by atoms with E-state index in [0.29, 0.717) is 17.1 Å². The van der Waals surface area contributed by atoms with E-state index >= 15 is 0 Å². The standard InChI is InChI=1S/C16H23NO3/c1-16(2,3)20-13-9-6-11(15(18)17(4)5)10-14(13)19-12-7-8-12/h6,9-10,12H,7-8H2,1-5H3. The first-order valence-corrected chi connectivity index (χ1v) is 6.97. The van der Waals surface area contributed by atoms with Gasteiger partial charge in [-0.2, -0.15) is 0 Å². The van der Waals surface area contributed by atoms with Gasteiger partial charge in [-0.25, -0.2) is 0 Å². The van der Waals surface area contributed by atoms with Crippen LogP contribution in [0.5, 0.6) is 11.5 Å². The quantitative estimate of drug-likeness (QED) is 0.849. The summed E-state index contributed by atoms with van der Waals surface area (Å²) in [6.45, 7) is 5.98. The molecule has 4 heteroatoms. The zero-order valence-corrected chi connectivity index (χ0v) is 12.9. The van der Waals surface area contributed by atoms with Crippen LogP contribution in [-0.4, -0.2) is 36.6 Å². The number of nitrogens with zero attached hydrogens (tertiary/aromatic N) is 1. The average molecular weight is 277 g/mol. The van der Waals surface area contributed by atoms with Gasteiger partial charge in [0, 0.05) is 19.7 Å². The molecule has 110 valence electrons. The molecule has 0 atom stereocenters. The van der Waals surface area contributed by atoms with Gasteiger partial charge in [0.2, 0.25) is 0 Å². The summed E-state index contributed by atoms with van der Waals surface area (Å²) in [5.74, 6) is 1.32. The van der Waals surface area contributed by atoms with Gasteiger partial charge in [0.15, 0.2) is 11.5 Å². The molecule has 1 aromatic carbocycles. The Morgan fingerprint density at radius 1 is 1.20 bits per heavy atom. The molecule has 0 unspecified atom stereocenters. The topological polar surface area (TPSA) is 38.8 Å². The molecule has 0 N–H and O–H groups in total. The van der Waals surface area contributed by atoms with Crippen molar-refractivity contribution in [1.29, 1.82) is 0 Å². The highest BCUT2D eigenvalue weighted by atomic mass is 16.5. The third-order valence-electron chi connectivity index (χ3n) is 2.83. The van der Waals surface area contributed by atoms with E-state index in [2.05, 4.69) is 0 Å². The molecule has 1 aliphatic rings. The van der Waals surface area contributed by atoms with Crippen LogP contribution in [0.25, 0.3) is 0 Å². The van der Waals surface area contributed by atoms with Gasteiger partial charge in [0.25, 0.3) is 5.91 Å². The molecule has 1 saturated carbocycles. The summed E-state index contributed by atoms with van der Waals surface area (Å²) in [5.41, 5.74) is 0.321. The highest BCUT2D eigenvalue weighted by molar-refractivity contribution is 5.94. The Morgan fingerprint density at radius 3 is 2.35 bits per heavy atom. The van der Waals surface area contributed by atoms with Gasteiger partial charge in [0.1, 0.15) is 5.60 Å². The van der Waals surface area contributed by atoms with Gasteiger partial charge in [-0.05, 0) is 51.8 Å². The third-order valence-corrected chi connectivity index (χ3v) is 2.83. The van der Waals surface area contributed by atoms with Crippen molar-refractivity contribution >= 4 is 5.91 Å². The Morgan fingerprint density at radius 2 is 1.85 bits per heavy atom. The Labute approximate surface area is 120 Å². The number of ether oxygens (including phenoxy) is 2. The Bertz CT molecular complexity index is 499. The highest BCUT2D eigenvalue weighted by Crippen LogP contribution is 2.36. The maximum absolute atomic E-state index is 12.0. The van der Waals surface area contributed by atoms with Crippen molar-refractivity contribution < 1.29 is 14.3 Å². The van der Waals surface area contributed by atoms with Crippen LogP contribution in [0.2, 0.25) is 0 Å². The summed E-state index contributed by atoms with van der Waals surface area (Å²) >= 11 is 0. The van der Waals surface area contributed by atoms with E-state index < -0.39 is 0 Å². The van der Waals surface area contributed by atoms with Crippen molar-refractivity contribution in [3.8, 4) is 11.5 Å². The SMILES string of the molecule is CN(C)C(=O)c1ccc(OC(C)(C)C)c(OC2CC2)c1. The fourth-order valence-corrected chi connectivity index (χ4v) is 1.77. The summed E-state index contributed by atoms with van der Waals surface area (Å²) < 4.78 is 11.8. The Balaban J connectivity index is 2.29. The van der Waals surface area contributed by atoms with Gasteiger partial charge in [-0.1, -0.05) is 0 Å². The monoisotopic (exact) mass is 277 g/mol. The molecule has 4 nitrogen and oxygen atoms in total. The van der Waals surface area contributed by atoms with Crippen molar-refractivity contribution in [2.75, 3.05) is 14.1 Å². The van der Waals surface area contributed by atoms with Crippen LogP contribution in [-0.2, 0) is 0 Å². The molecule has 0 spiro atoms. The lowest BCUT2D eigenvalue weighted by Gasteiger charge is -2.23. The van der Waals surface area contributed by atoms with E-state index in [9.17, 15) is 4.79 Å². The van der Waals surface area contributed by atoms with Crippen LogP contribution in [0, 0.1) is 0 Å². The first-order valence-electron chi connectivity index (χ1n) is 6.97. The van der Waals surface area contributed by atoms with Crippen molar-refractivity contribution in [2.24, 2.45) is 0 Å². The number of hydrogen-bond acceptors (Lipinski definition) is 3. The average Bonchev–Trinajstić information content (AvgIpc) is 3.12. The van der Waals surface area contributed by atoms with E-state index in [0.717, 1.165) is 12.8 Å². The van der Waals surface area contributed by atoms with Crippen LogP contribution in [0.1, 0.15) is 44.0 Å². The minimum atomic E-state index is -0.297. The number of benzene rings is 1. The van der Waals surface area contributed by atoms with Gasteiger partial charge in [-0.15, -0.1) is 0 Å². The fraction of sp³-hybridized carbons (Fsp3) is 0.562. The van der Waals surface area contributed by atoms with Crippen LogP contribution < -0.4 is 9.47 Å². The second-order valence-electron chi connectivity index (χ2n) is 6.39. The number of hydrogen-bond donors (Lipinski definition) is 0. The minimum Gasteiger partial charge on any atom is -0.487 e. The molecule has 1 fully saturated rings. The molecule has 1 amide bonds. The van der Waals surface area contributed by atoms with Crippen molar-refractivity contribution in [2.45, 2.75) is 45.3 Å². The summed E-state index contributed by atoms with van der Waals surface area (Å²) in [6.07, 6.45) is 2.41. The molecule has 1 aromatic rings. The first-order chi connectivity index (χ1) is 9.26. The van der Waals surface area contributed by atoms with E-state index in [4.69, 9.17) is 9.47 Å². The van der Waals surface area contributed by atoms with Gasteiger partial charge in [0.05, 0.1) is 6.10 Å². The summed E-state index contributed by atoms with van der Waals surface area (Å²) in [7, 11) is 3.48. The molecule has 0 aliphatic heterocycles. The lowest BCUT2D eigenvalue weighted by atomic mass is 10.1. The molecule has 1 aliphatic carbocycles. The highest BCUT2D eigenvalue weighted by Gasteiger charge is 2.26. The maximum atomic E-state index is 12.0. The van der Waals surface area contributed by atoms with Crippen molar-refractivity contribution in [3.05, 3.63) is 23.8 Å². The summed E-state index contributed by atoms with van der Waals surface area (Å²) in [4.78, 5) is 13.6. The number of carbonyl (C=O) groups excluding carboxylic acids is 1. The van der Waals surface area contributed by atoms with Crippen LogP contribution in [0.15, 0.2) is 18.2 Å². The van der Waals surface area contributed by atoms with E-state index in [1.54, 1.807) is 31.1 Å². The predicted octanol–water partition coefficient (Wildman–Crippen LogP) is 3.11. The van der Waals surface area contributed by atoms with Crippen molar-refractivity contribution in [1.82, 2.24) is 4.90 Å². The van der Waals surface area contributed by atoms with E-state index in [1.807, 2.05) is 26.8 Å². The van der Waals surface area contributed by atoms with Crippen molar-refractivity contribution in [3.63, 3.8) is 0 Å². The van der Waals surface area contributed by atoms with Crippen LogP contribution in [0.4, 0.5) is 0 Å². The van der Waals surface area contributed by atoms with Crippen LogP contribution >= 0.6 is 0 Å². The normalized spacial score (nSPS) is 14.8. The molecule has 2 rings (SSSR count). The molecule has 0 radical (unpaired) electrons. The lowest BCUT2D eigenvalue weighted by molar-refractivity contribution is 0.0826. The zero-order valence-electron chi connectivity index (χ0n) is 12.9. The second-order valence-corrected chi connectivity index (χ2v) is 6.39. The summed E-state index contributed by atoms with van der Waals surface area (Å²) in [5, 5.41) is 0. The summed E-state index contributed by atoms with van der Waals surface area (Å²) in [6, 6.07) is 5.38. The lowest BCUT2D eigenvalue weighted by Crippen LogP contribution is -2.24. The molecule has 0 saturated heterocycles. The van der Waals surface area contributed by atoms with Crippen LogP contribution in [0.3, 0.4) is 0 Å². The number of amides is 1. The number of rotatable bonds is 4. The number of carbonyl (C=O) groups is 1. The molecule has 20 heavy (non-hydrogen) atoms. The smallest absolute Gasteiger partial charge is 0.253 e. The predicted molar refractivity (Wildman–Crippen MR) is 78.5 cm³/mol. The molecule has 0 bridgehead atoms. The fourth-order valence-electron chi connectivity index (χ4n) is 1.77. The third kappa shape index (κ3) is 3.89.